The maximum Gasteiger partial charge on any atom is 0.229 e. The Hall–Kier alpha value is -2.73. The average Bonchev–Trinajstić information content (AvgIpc) is 3.33. The first-order chi connectivity index (χ1) is 13.6. The van der Waals surface area contributed by atoms with Gasteiger partial charge in [-0.25, -0.2) is 9.97 Å². The number of hydrogen-bond acceptors (Lipinski definition) is 5. The molecule has 6 heteroatoms. The van der Waals surface area contributed by atoms with Crippen LogP contribution in [0.3, 0.4) is 0 Å². The zero-order valence-corrected chi connectivity index (χ0v) is 17.1. The van der Waals surface area contributed by atoms with Crippen LogP contribution in [-0.2, 0) is 11.2 Å². The highest BCUT2D eigenvalue weighted by molar-refractivity contribution is 7.12. The molecule has 0 atom stereocenters. The Morgan fingerprint density at radius 1 is 1.11 bits per heavy atom. The molecule has 3 aromatic rings. The van der Waals surface area contributed by atoms with Crippen molar-refractivity contribution < 1.29 is 4.79 Å². The van der Waals surface area contributed by atoms with Gasteiger partial charge < -0.3 is 10.2 Å². The van der Waals surface area contributed by atoms with E-state index in [0.29, 0.717) is 6.42 Å². The second-order valence-electron chi connectivity index (χ2n) is 7.19. The third kappa shape index (κ3) is 4.22. The topological polar surface area (TPSA) is 58.1 Å². The van der Waals surface area contributed by atoms with Crippen molar-refractivity contribution in [2.75, 3.05) is 23.3 Å². The van der Waals surface area contributed by atoms with E-state index in [1.165, 1.54) is 18.4 Å². The second kappa shape index (κ2) is 8.10. The largest absolute Gasteiger partial charge is 0.357 e. The molecule has 1 saturated heterocycles. The molecule has 4 rings (SSSR count). The molecule has 0 radical (unpaired) electrons. The number of amides is 1. The van der Waals surface area contributed by atoms with E-state index >= 15 is 0 Å². The van der Waals surface area contributed by atoms with Crippen molar-refractivity contribution >= 4 is 28.7 Å². The van der Waals surface area contributed by atoms with Crippen LogP contribution in [0.4, 0.5) is 11.5 Å². The van der Waals surface area contributed by atoms with Crippen molar-refractivity contribution in [3.05, 3.63) is 58.0 Å². The third-order valence-corrected chi connectivity index (χ3v) is 5.88. The number of pyridine rings is 1. The molecule has 5 nitrogen and oxygen atoms in total. The summed E-state index contributed by atoms with van der Waals surface area (Å²) >= 11 is 1.58. The monoisotopic (exact) mass is 392 g/mol. The van der Waals surface area contributed by atoms with E-state index in [0.717, 1.165) is 45.7 Å². The predicted octanol–water partition coefficient (Wildman–Crippen LogP) is 4.60. The summed E-state index contributed by atoms with van der Waals surface area (Å²) in [7, 11) is 0. The van der Waals surface area contributed by atoms with Crippen LogP contribution < -0.4 is 10.2 Å². The first-order valence-corrected chi connectivity index (χ1v) is 10.4. The second-order valence-corrected chi connectivity index (χ2v) is 8.48. The van der Waals surface area contributed by atoms with Gasteiger partial charge in [0.2, 0.25) is 5.91 Å². The lowest BCUT2D eigenvalue weighted by Gasteiger charge is -2.16. The highest BCUT2D eigenvalue weighted by Crippen LogP contribution is 2.29. The highest BCUT2D eigenvalue weighted by Gasteiger charge is 2.16. The molecule has 0 saturated carbocycles. The third-order valence-electron chi connectivity index (χ3n) is 4.91. The number of benzene rings is 1. The molecule has 1 amide bonds. The van der Waals surface area contributed by atoms with E-state index in [1.54, 1.807) is 17.5 Å². The van der Waals surface area contributed by atoms with Crippen LogP contribution in [-0.4, -0.2) is 29.0 Å². The summed E-state index contributed by atoms with van der Waals surface area (Å²) in [4.78, 5) is 25.0. The molecule has 1 N–H and O–H groups in total. The van der Waals surface area contributed by atoms with Crippen LogP contribution >= 0.6 is 11.3 Å². The molecule has 1 aliphatic rings. The molecule has 3 heterocycles. The summed E-state index contributed by atoms with van der Waals surface area (Å²) in [6.45, 7) is 6.16. The zero-order chi connectivity index (χ0) is 19.5. The Kier molecular flexibility index (Phi) is 5.39. The molecule has 1 fully saturated rings. The Morgan fingerprint density at radius 3 is 2.54 bits per heavy atom. The van der Waals surface area contributed by atoms with E-state index in [2.05, 4.69) is 51.4 Å². The van der Waals surface area contributed by atoms with Gasteiger partial charge in [-0.3, -0.25) is 4.79 Å². The van der Waals surface area contributed by atoms with Gasteiger partial charge in [0.05, 0.1) is 29.0 Å². The number of carbonyl (C=O) groups is 1. The number of thiazole rings is 1. The average molecular weight is 393 g/mol. The first kappa shape index (κ1) is 18.6. The van der Waals surface area contributed by atoms with Gasteiger partial charge in [0, 0.05) is 23.5 Å². The maximum absolute atomic E-state index is 12.6. The summed E-state index contributed by atoms with van der Waals surface area (Å²) in [5, 5.41) is 3.93. The van der Waals surface area contributed by atoms with Crippen LogP contribution in [0.25, 0.3) is 11.3 Å². The standard InChI is InChI=1S/C22H24N4OS/c1-15-5-7-17(8-6-15)22-19(28-16(2)24-22)13-21(27)25-18-9-10-20(23-14-18)26-11-3-4-12-26/h5-10,14H,3-4,11-13H2,1-2H3,(H,25,27). The smallest absolute Gasteiger partial charge is 0.229 e. The van der Waals surface area contributed by atoms with Crippen molar-refractivity contribution in [3.8, 4) is 11.3 Å². The molecule has 0 bridgehead atoms. The van der Waals surface area contributed by atoms with Crippen molar-refractivity contribution in [2.45, 2.75) is 33.1 Å². The first-order valence-electron chi connectivity index (χ1n) is 9.63. The lowest BCUT2D eigenvalue weighted by Crippen LogP contribution is -2.19. The number of anilines is 2. The van der Waals surface area contributed by atoms with Gasteiger partial charge in [-0.15, -0.1) is 11.3 Å². The Morgan fingerprint density at radius 2 is 1.86 bits per heavy atom. The van der Waals surface area contributed by atoms with Crippen molar-refractivity contribution in [2.24, 2.45) is 0 Å². The van der Waals surface area contributed by atoms with Crippen LogP contribution in [0.15, 0.2) is 42.6 Å². The van der Waals surface area contributed by atoms with Crippen LogP contribution in [0, 0.1) is 13.8 Å². The normalized spacial score (nSPS) is 13.7. The molecule has 0 unspecified atom stereocenters. The lowest BCUT2D eigenvalue weighted by atomic mass is 10.1. The van der Waals surface area contributed by atoms with Gasteiger partial charge in [-0.1, -0.05) is 29.8 Å². The number of carbonyl (C=O) groups excluding carboxylic acids is 1. The Bertz CT molecular complexity index is 957. The number of nitrogens with one attached hydrogen (secondary N) is 1. The van der Waals surface area contributed by atoms with Gasteiger partial charge in [0.25, 0.3) is 0 Å². The minimum atomic E-state index is -0.0484. The van der Waals surface area contributed by atoms with E-state index in [-0.39, 0.29) is 5.91 Å². The Labute approximate surface area is 169 Å². The van der Waals surface area contributed by atoms with Gasteiger partial charge in [0.1, 0.15) is 5.82 Å². The van der Waals surface area contributed by atoms with E-state index in [4.69, 9.17) is 0 Å². The summed E-state index contributed by atoms with van der Waals surface area (Å²) in [5.41, 5.74) is 3.89. The molecule has 0 spiro atoms. The number of rotatable bonds is 5. The molecular formula is C22H24N4OS. The quantitative estimate of drug-likeness (QED) is 0.689. The van der Waals surface area contributed by atoms with E-state index in [9.17, 15) is 4.79 Å². The summed E-state index contributed by atoms with van der Waals surface area (Å²) in [5.74, 6) is 0.933. The van der Waals surface area contributed by atoms with Gasteiger partial charge in [-0.05, 0) is 38.8 Å². The van der Waals surface area contributed by atoms with Crippen LogP contribution in [0.5, 0.6) is 0 Å². The molecule has 0 aliphatic carbocycles. The highest BCUT2D eigenvalue weighted by atomic mass is 32.1. The number of aryl methyl sites for hydroxylation is 2. The molecule has 2 aromatic heterocycles. The van der Waals surface area contributed by atoms with Crippen LogP contribution in [0.2, 0.25) is 0 Å². The minimum absolute atomic E-state index is 0.0484. The summed E-state index contributed by atoms with van der Waals surface area (Å²) < 4.78 is 0. The fourth-order valence-electron chi connectivity index (χ4n) is 3.47. The molecule has 28 heavy (non-hydrogen) atoms. The number of hydrogen-bond donors (Lipinski definition) is 1. The zero-order valence-electron chi connectivity index (χ0n) is 16.2. The minimum Gasteiger partial charge on any atom is -0.357 e. The maximum atomic E-state index is 12.6. The van der Waals surface area contributed by atoms with Crippen molar-refractivity contribution in [1.82, 2.24) is 9.97 Å². The Balaban J connectivity index is 1.44. The molecular weight excluding hydrogens is 368 g/mol. The summed E-state index contributed by atoms with van der Waals surface area (Å²) in [6.07, 6.45) is 4.49. The predicted molar refractivity (Wildman–Crippen MR) is 115 cm³/mol. The van der Waals surface area contributed by atoms with Crippen molar-refractivity contribution in [3.63, 3.8) is 0 Å². The number of nitrogens with zero attached hydrogens (tertiary/aromatic N) is 3. The number of aromatic nitrogens is 2. The molecule has 144 valence electrons. The van der Waals surface area contributed by atoms with Crippen molar-refractivity contribution in [1.29, 1.82) is 0 Å². The SMILES string of the molecule is Cc1ccc(-c2nc(C)sc2CC(=O)Nc2ccc(N3CCCC3)nc2)cc1. The lowest BCUT2D eigenvalue weighted by molar-refractivity contribution is -0.115. The van der Waals surface area contributed by atoms with E-state index < -0.39 is 0 Å². The molecule has 1 aliphatic heterocycles. The molecule has 1 aromatic carbocycles. The van der Waals surface area contributed by atoms with Gasteiger partial charge >= 0.3 is 0 Å². The fraction of sp³-hybridized carbons (Fsp3) is 0.318. The van der Waals surface area contributed by atoms with Crippen LogP contribution in [0.1, 0.15) is 28.3 Å². The van der Waals surface area contributed by atoms with Gasteiger partial charge in [-0.2, -0.15) is 0 Å². The van der Waals surface area contributed by atoms with Gasteiger partial charge in [0.15, 0.2) is 0 Å². The summed E-state index contributed by atoms with van der Waals surface area (Å²) in [6, 6.07) is 12.2. The fourth-order valence-corrected chi connectivity index (χ4v) is 4.43. The van der Waals surface area contributed by atoms with E-state index in [1.807, 2.05) is 19.1 Å².